The van der Waals surface area contributed by atoms with Gasteiger partial charge in [-0.3, -0.25) is 14.5 Å². The summed E-state index contributed by atoms with van der Waals surface area (Å²) in [6.45, 7) is 4.26. The molecule has 1 aromatic carbocycles. The summed E-state index contributed by atoms with van der Waals surface area (Å²) in [6.07, 6.45) is 1.94. The Kier molecular flexibility index (Phi) is 4.57. The standard InChI is InChI=1S/C18H24N4O2/c1-13(23)22-9-8-21(12-17(22)18(24)20(2)3)11-14-4-5-16-15(10-14)6-7-19-16/h4-7,10,17,19H,8-9,11-12H2,1-3H3. The van der Waals surface area contributed by atoms with Gasteiger partial charge in [0.2, 0.25) is 11.8 Å². The van der Waals surface area contributed by atoms with Crippen molar-refractivity contribution in [3.63, 3.8) is 0 Å². The van der Waals surface area contributed by atoms with Crippen molar-refractivity contribution in [3.05, 3.63) is 36.0 Å². The van der Waals surface area contributed by atoms with Crippen molar-refractivity contribution in [1.29, 1.82) is 0 Å². The average molecular weight is 328 g/mol. The largest absolute Gasteiger partial charge is 0.361 e. The van der Waals surface area contributed by atoms with E-state index in [-0.39, 0.29) is 11.8 Å². The summed E-state index contributed by atoms with van der Waals surface area (Å²) >= 11 is 0. The molecule has 2 aromatic rings. The van der Waals surface area contributed by atoms with Crippen LogP contribution in [0, 0.1) is 0 Å². The van der Waals surface area contributed by atoms with E-state index >= 15 is 0 Å². The number of rotatable bonds is 3. The van der Waals surface area contributed by atoms with Crippen LogP contribution in [0.5, 0.6) is 0 Å². The van der Waals surface area contributed by atoms with Gasteiger partial charge in [0.25, 0.3) is 0 Å². The predicted octanol–water partition coefficient (Wildman–Crippen LogP) is 1.29. The number of aromatic nitrogens is 1. The van der Waals surface area contributed by atoms with Crippen molar-refractivity contribution >= 4 is 22.7 Å². The molecule has 0 saturated carbocycles. The second-order valence-electron chi connectivity index (χ2n) is 6.60. The molecule has 0 spiro atoms. The van der Waals surface area contributed by atoms with Gasteiger partial charge in [-0.25, -0.2) is 0 Å². The monoisotopic (exact) mass is 328 g/mol. The molecule has 2 heterocycles. The fourth-order valence-corrected chi connectivity index (χ4v) is 3.33. The van der Waals surface area contributed by atoms with E-state index < -0.39 is 6.04 Å². The maximum atomic E-state index is 12.5. The van der Waals surface area contributed by atoms with Gasteiger partial charge in [-0.05, 0) is 29.1 Å². The fraction of sp³-hybridized carbons (Fsp3) is 0.444. The Morgan fingerprint density at radius 3 is 2.75 bits per heavy atom. The number of nitrogens with one attached hydrogen (secondary N) is 1. The van der Waals surface area contributed by atoms with Gasteiger partial charge in [0.15, 0.2) is 0 Å². The third-order valence-electron chi connectivity index (χ3n) is 4.62. The van der Waals surface area contributed by atoms with Crippen LogP contribution < -0.4 is 0 Å². The van der Waals surface area contributed by atoms with Crippen LogP contribution in [0.3, 0.4) is 0 Å². The number of piperazine rings is 1. The molecule has 1 aliphatic rings. The third-order valence-corrected chi connectivity index (χ3v) is 4.62. The normalized spacial score (nSPS) is 18.8. The Morgan fingerprint density at radius 1 is 1.25 bits per heavy atom. The Morgan fingerprint density at radius 2 is 2.04 bits per heavy atom. The highest BCUT2D eigenvalue weighted by molar-refractivity contribution is 5.87. The molecule has 1 aliphatic heterocycles. The first kappa shape index (κ1) is 16.5. The average Bonchev–Trinajstić information content (AvgIpc) is 3.01. The summed E-state index contributed by atoms with van der Waals surface area (Å²) in [5, 5.41) is 1.19. The van der Waals surface area contributed by atoms with Crippen LogP contribution in [0.4, 0.5) is 0 Å². The molecule has 24 heavy (non-hydrogen) atoms. The zero-order valence-electron chi connectivity index (χ0n) is 14.5. The molecule has 0 radical (unpaired) electrons. The minimum atomic E-state index is -0.401. The van der Waals surface area contributed by atoms with Crippen LogP contribution in [0.15, 0.2) is 30.5 Å². The molecule has 0 aliphatic carbocycles. The molecule has 6 nitrogen and oxygen atoms in total. The number of hydrogen-bond acceptors (Lipinski definition) is 3. The highest BCUT2D eigenvalue weighted by Gasteiger charge is 2.34. The lowest BCUT2D eigenvalue weighted by molar-refractivity contribution is -0.146. The van der Waals surface area contributed by atoms with Gasteiger partial charge in [0.05, 0.1) is 0 Å². The van der Waals surface area contributed by atoms with Gasteiger partial charge in [-0.1, -0.05) is 6.07 Å². The number of H-pyrrole nitrogens is 1. The Hall–Kier alpha value is -2.34. The van der Waals surface area contributed by atoms with Gasteiger partial charge in [-0.15, -0.1) is 0 Å². The summed E-state index contributed by atoms with van der Waals surface area (Å²) in [5.41, 5.74) is 2.34. The molecule has 1 N–H and O–H groups in total. The van der Waals surface area contributed by atoms with Crippen molar-refractivity contribution in [1.82, 2.24) is 19.7 Å². The molecule has 0 bridgehead atoms. The van der Waals surface area contributed by atoms with E-state index in [1.807, 2.05) is 6.20 Å². The smallest absolute Gasteiger partial charge is 0.246 e. The first-order valence-electron chi connectivity index (χ1n) is 8.22. The molecule has 3 rings (SSSR count). The van der Waals surface area contributed by atoms with Crippen molar-refractivity contribution in [2.45, 2.75) is 19.5 Å². The maximum Gasteiger partial charge on any atom is 0.246 e. The van der Waals surface area contributed by atoms with Gasteiger partial charge in [-0.2, -0.15) is 0 Å². The summed E-state index contributed by atoms with van der Waals surface area (Å²) in [5.74, 6) is -0.0559. The molecular formula is C18H24N4O2. The highest BCUT2D eigenvalue weighted by atomic mass is 16.2. The van der Waals surface area contributed by atoms with Crippen molar-refractivity contribution in [2.75, 3.05) is 33.7 Å². The number of amides is 2. The van der Waals surface area contributed by atoms with Gasteiger partial charge < -0.3 is 14.8 Å². The van der Waals surface area contributed by atoms with Crippen molar-refractivity contribution < 1.29 is 9.59 Å². The quantitative estimate of drug-likeness (QED) is 0.924. The predicted molar refractivity (Wildman–Crippen MR) is 93.4 cm³/mol. The molecular weight excluding hydrogens is 304 g/mol. The number of likely N-dealkylation sites (N-methyl/N-ethyl adjacent to an activating group) is 1. The number of nitrogens with zero attached hydrogens (tertiary/aromatic N) is 3. The van der Waals surface area contributed by atoms with Crippen LogP contribution in [0.25, 0.3) is 10.9 Å². The minimum Gasteiger partial charge on any atom is -0.361 e. The zero-order chi connectivity index (χ0) is 17.3. The first-order valence-corrected chi connectivity index (χ1v) is 8.22. The molecule has 1 atom stereocenters. The van der Waals surface area contributed by atoms with Gasteiger partial charge in [0.1, 0.15) is 6.04 Å². The Balaban J connectivity index is 1.74. The first-order chi connectivity index (χ1) is 11.5. The Labute approximate surface area is 142 Å². The number of fused-ring (bicyclic) bond motifs is 1. The van der Waals surface area contributed by atoms with Gasteiger partial charge >= 0.3 is 0 Å². The number of carbonyl (C=O) groups is 2. The SMILES string of the molecule is CC(=O)N1CCN(Cc2ccc3[nH]ccc3c2)CC1C(=O)N(C)C. The molecule has 1 aromatic heterocycles. The molecule has 1 saturated heterocycles. The number of aromatic amines is 1. The van der Waals surface area contributed by atoms with E-state index in [2.05, 4.69) is 34.1 Å². The van der Waals surface area contributed by atoms with E-state index in [9.17, 15) is 9.59 Å². The molecule has 1 unspecified atom stereocenters. The second kappa shape index (κ2) is 6.65. The topological polar surface area (TPSA) is 59.7 Å². The van der Waals surface area contributed by atoms with Crippen LogP contribution >= 0.6 is 0 Å². The van der Waals surface area contributed by atoms with Crippen LogP contribution in [-0.4, -0.2) is 71.3 Å². The summed E-state index contributed by atoms with van der Waals surface area (Å²) in [6, 6.07) is 8.02. The van der Waals surface area contributed by atoms with Crippen LogP contribution in [-0.2, 0) is 16.1 Å². The van der Waals surface area contributed by atoms with E-state index in [1.165, 1.54) is 17.9 Å². The molecule has 6 heteroatoms. The third kappa shape index (κ3) is 3.28. The lowest BCUT2D eigenvalue weighted by atomic mass is 10.1. The molecule has 1 fully saturated rings. The van der Waals surface area contributed by atoms with E-state index in [0.717, 1.165) is 18.6 Å². The number of carbonyl (C=O) groups excluding carboxylic acids is 2. The number of benzene rings is 1. The highest BCUT2D eigenvalue weighted by Crippen LogP contribution is 2.18. The fourth-order valence-electron chi connectivity index (χ4n) is 3.33. The minimum absolute atomic E-state index is 0.0176. The second-order valence-corrected chi connectivity index (χ2v) is 6.60. The summed E-state index contributed by atoms with van der Waals surface area (Å²) < 4.78 is 0. The molecule has 2 amide bonds. The number of hydrogen-bond donors (Lipinski definition) is 1. The maximum absolute atomic E-state index is 12.5. The van der Waals surface area contributed by atoms with Crippen LogP contribution in [0.1, 0.15) is 12.5 Å². The summed E-state index contributed by atoms with van der Waals surface area (Å²) in [7, 11) is 3.47. The van der Waals surface area contributed by atoms with Gasteiger partial charge in [0, 0.05) is 58.9 Å². The lowest BCUT2D eigenvalue weighted by Crippen LogP contribution is -2.59. The summed E-state index contributed by atoms with van der Waals surface area (Å²) in [4.78, 5) is 33.0. The molecule has 128 valence electrons. The lowest BCUT2D eigenvalue weighted by Gasteiger charge is -2.41. The van der Waals surface area contributed by atoms with Crippen molar-refractivity contribution in [2.24, 2.45) is 0 Å². The zero-order valence-corrected chi connectivity index (χ0v) is 14.5. The van der Waals surface area contributed by atoms with E-state index in [1.54, 1.807) is 23.9 Å². The Bertz CT molecular complexity index is 752. The van der Waals surface area contributed by atoms with Crippen LogP contribution in [0.2, 0.25) is 0 Å². The van der Waals surface area contributed by atoms with Crippen molar-refractivity contribution in [3.8, 4) is 0 Å². The van der Waals surface area contributed by atoms with E-state index in [0.29, 0.717) is 13.1 Å². The van der Waals surface area contributed by atoms with E-state index in [4.69, 9.17) is 0 Å².